The van der Waals surface area contributed by atoms with Gasteiger partial charge in [-0.1, -0.05) is 30.3 Å². The Morgan fingerprint density at radius 2 is 1.63 bits per heavy atom. The van der Waals surface area contributed by atoms with Crippen LogP contribution in [0.2, 0.25) is 0 Å². The van der Waals surface area contributed by atoms with Crippen molar-refractivity contribution in [3.63, 3.8) is 0 Å². The second-order valence-corrected chi connectivity index (χ2v) is 8.88. The maximum Gasteiger partial charge on any atom is 0.255 e. The Morgan fingerprint density at radius 1 is 1.00 bits per heavy atom. The maximum absolute atomic E-state index is 12.6. The van der Waals surface area contributed by atoms with Gasteiger partial charge >= 0.3 is 0 Å². The van der Waals surface area contributed by atoms with Crippen LogP contribution in [0.25, 0.3) is 0 Å². The molecule has 2 rings (SSSR count). The zero-order valence-electron chi connectivity index (χ0n) is 17.3. The third-order valence-corrected chi connectivity index (χ3v) is 6.06. The molecule has 2 aromatic carbocycles. The number of carbonyl (C=O) groups excluding carboxylic acids is 2. The molecular weight excluding hydrogens is 404 g/mol. The van der Waals surface area contributed by atoms with Crippen molar-refractivity contribution in [3.8, 4) is 0 Å². The number of sulfonamides is 1. The molecule has 8 nitrogen and oxygen atoms in total. The number of amides is 2. The zero-order valence-corrected chi connectivity index (χ0v) is 18.1. The highest BCUT2D eigenvalue weighted by atomic mass is 32.2. The highest BCUT2D eigenvalue weighted by molar-refractivity contribution is 7.89. The average Bonchev–Trinajstić information content (AvgIpc) is 2.71. The third kappa shape index (κ3) is 7.09. The van der Waals surface area contributed by atoms with Crippen molar-refractivity contribution in [2.45, 2.75) is 31.6 Å². The van der Waals surface area contributed by atoms with Gasteiger partial charge < -0.3 is 5.32 Å². The van der Waals surface area contributed by atoms with Gasteiger partial charge in [0.1, 0.15) is 0 Å². The third-order valence-electron chi connectivity index (χ3n) is 4.24. The lowest BCUT2D eigenvalue weighted by Crippen LogP contribution is -2.36. The smallest absolute Gasteiger partial charge is 0.255 e. The Hall–Kier alpha value is -3.04. The first-order valence-corrected chi connectivity index (χ1v) is 10.8. The number of rotatable bonds is 9. The molecule has 0 heterocycles. The van der Waals surface area contributed by atoms with E-state index in [1.807, 2.05) is 30.3 Å². The van der Waals surface area contributed by atoms with Crippen LogP contribution in [-0.2, 0) is 26.0 Å². The van der Waals surface area contributed by atoms with Gasteiger partial charge in [0.2, 0.25) is 15.9 Å². The molecule has 0 aliphatic carbocycles. The van der Waals surface area contributed by atoms with Gasteiger partial charge in [0, 0.05) is 25.4 Å². The lowest BCUT2D eigenvalue weighted by atomic mass is 10.1. The molecule has 9 heteroatoms. The number of anilines is 1. The Balaban J connectivity index is 1.89. The van der Waals surface area contributed by atoms with E-state index in [1.54, 1.807) is 6.92 Å². The molecule has 30 heavy (non-hydrogen) atoms. The summed E-state index contributed by atoms with van der Waals surface area (Å²) in [5.74, 6) is -0.783. The predicted molar refractivity (Wildman–Crippen MR) is 117 cm³/mol. The fourth-order valence-electron chi connectivity index (χ4n) is 2.60. The molecule has 2 N–H and O–H groups in total. The van der Waals surface area contributed by atoms with Crippen LogP contribution in [0.1, 0.15) is 25.8 Å². The summed E-state index contributed by atoms with van der Waals surface area (Å²) in [6.07, 6.45) is 1.48. The van der Waals surface area contributed by atoms with E-state index in [9.17, 15) is 18.0 Å². The van der Waals surface area contributed by atoms with Gasteiger partial charge in [-0.05, 0) is 49.6 Å². The molecule has 0 radical (unpaired) electrons. The number of likely N-dealkylation sites (N-methyl/N-ethyl adjacent to an activating group) is 1. The number of aryl methyl sites for hydroxylation is 1. The van der Waals surface area contributed by atoms with Crippen molar-refractivity contribution in [2.24, 2.45) is 5.10 Å². The minimum Gasteiger partial charge on any atom is -0.326 e. The molecular formula is C21H26N4O4S. The van der Waals surface area contributed by atoms with Gasteiger partial charge in [0.15, 0.2) is 0 Å². The van der Waals surface area contributed by atoms with Crippen molar-refractivity contribution in [2.75, 3.05) is 18.9 Å². The first kappa shape index (κ1) is 23.2. The van der Waals surface area contributed by atoms with Crippen LogP contribution >= 0.6 is 0 Å². The molecule has 0 aromatic heterocycles. The Labute approximate surface area is 177 Å². The molecule has 0 aliphatic heterocycles. The second kappa shape index (κ2) is 10.7. The van der Waals surface area contributed by atoms with Gasteiger partial charge in [-0.3, -0.25) is 9.59 Å². The summed E-state index contributed by atoms with van der Waals surface area (Å²) in [6, 6.07) is 15.7. The molecule has 0 fully saturated rings. The number of nitrogens with zero attached hydrogens (tertiary/aromatic N) is 2. The van der Waals surface area contributed by atoms with Crippen molar-refractivity contribution in [1.82, 2.24) is 9.73 Å². The molecule has 0 saturated heterocycles. The fraction of sp³-hybridized carbons (Fsp3) is 0.286. The summed E-state index contributed by atoms with van der Waals surface area (Å²) < 4.78 is 26.2. The van der Waals surface area contributed by atoms with Gasteiger partial charge in [0.25, 0.3) is 5.91 Å². The summed E-state index contributed by atoms with van der Waals surface area (Å²) in [7, 11) is -2.53. The van der Waals surface area contributed by atoms with Crippen molar-refractivity contribution >= 4 is 33.2 Å². The largest absolute Gasteiger partial charge is 0.326 e. The molecule has 0 saturated carbocycles. The monoisotopic (exact) mass is 430 g/mol. The number of hydrogen-bond acceptors (Lipinski definition) is 5. The van der Waals surface area contributed by atoms with Crippen LogP contribution in [0.15, 0.2) is 64.6 Å². The highest BCUT2D eigenvalue weighted by Crippen LogP contribution is 2.17. The molecule has 0 unspecified atom stereocenters. The standard InChI is InChI=1S/C21H26N4O4S/c1-16(9-10-18-7-5-4-6-8-18)23-24-21(27)15-25(3)30(28,29)20-13-11-19(12-14-20)22-17(2)26/h4-8,11-14H,9-10,15H2,1-3H3,(H,22,26)(H,24,27). The Morgan fingerprint density at radius 3 is 2.23 bits per heavy atom. The van der Waals surface area contributed by atoms with Crippen LogP contribution < -0.4 is 10.7 Å². The Bertz CT molecular complexity index is 1000. The first-order valence-electron chi connectivity index (χ1n) is 9.38. The maximum atomic E-state index is 12.6. The summed E-state index contributed by atoms with van der Waals surface area (Å²) >= 11 is 0. The van der Waals surface area contributed by atoms with Gasteiger partial charge in [0.05, 0.1) is 11.4 Å². The van der Waals surface area contributed by atoms with E-state index in [4.69, 9.17) is 0 Å². The van der Waals surface area contributed by atoms with Gasteiger partial charge in [-0.15, -0.1) is 0 Å². The van der Waals surface area contributed by atoms with E-state index in [1.165, 1.54) is 43.8 Å². The second-order valence-electron chi connectivity index (χ2n) is 6.83. The summed E-state index contributed by atoms with van der Waals surface area (Å²) in [4.78, 5) is 23.2. The van der Waals surface area contributed by atoms with E-state index in [0.717, 1.165) is 16.4 Å². The minimum atomic E-state index is -3.85. The van der Waals surface area contributed by atoms with Crippen molar-refractivity contribution in [3.05, 3.63) is 60.2 Å². The summed E-state index contributed by atoms with van der Waals surface area (Å²) in [5.41, 5.74) is 4.80. The fourth-order valence-corrected chi connectivity index (χ4v) is 3.73. The molecule has 0 atom stereocenters. The molecule has 160 valence electrons. The van der Waals surface area contributed by atoms with Crippen molar-refractivity contribution in [1.29, 1.82) is 0 Å². The van der Waals surface area contributed by atoms with Crippen LogP contribution in [-0.4, -0.2) is 43.8 Å². The lowest BCUT2D eigenvalue weighted by molar-refractivity contribution is -0.121. The van der Waals surface area contributed by atoms with E-state index in [2.05, 4.69) is 15.8 Å². The van der Waals surface area contributed by atoms with Gasteiger partial charge in [-0.2, -0.15) is 9.41 Å². The predicted octanol–water partition coefficient (Wildman–Crippen LogP) is 2.39. The highest BCUT2D eigenvalue weighted by Gasteiger charge is 2.22. The van der Waals surface area contributed by atoms with Crippen molar-refractivity contribution < 1.29 is 18.0 Å². The molecule has 0 aliphatic rings. The number of nitrogens with one attached hydrogen (secondary N) is 2. The lowest BCUT2D eigenvalue weighted by Gasteiger charge is -2.16. The van der Waals surface area contributed by atoms with E-state index in [-0.39, 0.29) is 17.3 Å². The molecule has 2 amide bonds. The SMILES string of the molecule is CC(=O)Nc1ccc(S(=O)(=O)N(C)CC(=O)NN=C(C)CCc2ccccc2)cc1. The quantitative estimate of drug-likeness (QED) is 0.470. The minimum absolute atomic E-state index is 0.0226. The average molecular weight is 431 g/mol. The molecule has 0 bridgehead atoms. The van der Waals surface area contributed by atoms with Gasteiger partial charge in [-0.25, -0.2) is 13.8 Å². The van der Waals surface area contributed by atoms with Crippen LogP contribution in [0.3, 0.4) is 0 Å². The zero-order chi connectivity index (χ0) is 22.1. The van der Waals surface area contributed by atoms with E-state index in [0.29, 0.717) is 12.1 Å². The first-order chi connectivity index (χ1) is 14.2. The van der Waals surface area contributed by atoms with Crippen LogP contribution in [0.4, 0.5) is 5.69 Å². The normalized spacial score (nSPS) is 11.9. The Kier molecular flexibility index (Phi) is 8.25. The topological polar surface area (TPSA) is 108 Å². The summed E-state index contributed by atoms with van der Waals surface area (Å²) in [5, 5.41) is 6.61. The number of benzene rings is 2. The number of hydrogen-bond donors (Lipinski definition) is 2. The number of hydrazone groups is 1. The summed E-state index contributed by atoms with van der Waals surface area (Å²) in [6.45, 7) is 2.80. The van der Waals surface area contributed by atoms with Crippen LogP contribution in [0, 0.1) is 0 Å². The molecule has 2 aromatic rings. The van der Waals surface area contributed by atoms with E-state index >= 15 is 0 Å². The number of carbonyl (C=O) groups is 2. The van der Waals surface area contributed by atoms with E-state index < -0.39 is 15.9 Å². The molecule has 0 spiro atoms. The van der Waals surface area contributed by atoms with Crippen LogP contribution in [0.5, 0.6) is 0 Å².